The van der Waals surface area contributed by atoms with Crippen molar-refractivity contribution in [3.8, 4) is 5.75 Å². The van der Waals surface area contributed by atoms with Crippen LogP contribution in [0.3, 0.4) is 0 Å². The normalized spacial score (nSPS) is 11.0. The molecule has 3 aromatic rings. The molecule has 0 saturated carbocycles. The van der Waals surface area contributed by atoms with E-state index in [9.17, 15) is 5.11 Å². The van der Waals surface area contributed by atoms with Gasteiger partial charge in [-0.3, -0.25) is 5.43 Å². The zero-order chi connectivity index (χ0) is 13.8. The predicted octanol–water partition coefficient (Wildman–Crippen LogP) is 3.39. The lowest BCUT2D eigenvalue weighted by Gasteiger charge is -2.01. The Balaban J connectivity index is 1.74. The zero-order valence-corrected chi connectivity index (χ0v) is 10.7. The van der Waals surface area contributed by atoms with E-state index in [-0.39, 0.29) is 5.75 Å². The molecule has 0 bridgehead atoms. The van der Waals surface area contributed by atoms with Crippen molar-refractivity contribution in [3.63, 3.8) is 0 Å². The van der Waals surface area contributed by atoms with Crippen LogP contribution in [0.1, 0.15) is 5.56 Å². The van der Waals surface area contributed by atoms with Gasteiger partial charge in [-0.15, -0.1) is 0 Å². The van der Waals surface area contributed by atoms with E-state index in [1.165, 1.54) is 0 Å². The smallest absolute Gasteiger partial charge is 0.146 e. The highest BCUT2D eigenvalue weighted by Gasteiger charge is 1.95. The van der Waals surface area contributed by atoms with Gasteiger partial charge in [0.25, 0.3) is 0 Å². The number of phenols is 1. The summed E-state index contributed by atoms with van der Waals surface area (Å²) in [6, 6.07) is 18.6. The summed E-state index contributed by atoms with van der Waals surface area (Å²) >= 11 is 0. The lowest BCUT2D eigenvalue weighted by molar-refractivity contribution is 0.475. The largest absolute Gasteiger partial charge is 0.508 e. The zero-order valence-electron chi connectivity index (χ0n) is 10.7. The molecule has 0 aliphatic carbocycles. The summed E-state index contributed by atoms with van der Waals surface area (Å²) in [7, 11) is 0. The van der Waals surface area contributed by atoms with Gasteiger partial charge in [0.1, 0.15) is 11.6 Å². The van der Waals surface area contributed by atoms with Crippen molar-refractivity contribution < 1.29 is 5.11 Å². The van der Waals surface area contributed by atoms with Crippen molar-refractivity contribution in [2.45, 2.75) is 0 Å². The van der Waals surface area contributed by atoms with Crippen LogP contribution in [0.5, 0.6) is 5.75 Å². The third-order valence-electron chi connectivity index (χ3n) is 2.88. The summed E-state index contributed by atoms with van der Waals surface area (Å²) < 4.78 is 0. The molecule has 0 aliphatic rings. The second kappa shape index (κ2) is 5.40. The Bertz CT molecular complexity index is 751. The minimum atomic E-state index is 0.242. The fraction of sp³-hybridized carbons (Fsp3) is 0. The van der Waals surface area contributed by atoms with Gasteiger partial charge >= 0.3 is 0 Å². The average Bonchev–Trinajstić information content (AvgIpc) is 2.49. The van der Waals surface area contributed by atoms with Crippen LogP contribution in [-0.4, -0.2) is 16.3 Å². The Morgan fingerprint density at radius 1 is 0.950 bits per heavy atom. The van der Waals surface area contributed by atoms with Crippen molar-refractivity contribution in [3.05, 3.63) is 66.2 Å². The van der Waals surface area contributed by atoms with Gasteiger partial charge in [0.05, 0.1) is 11.7 Å². The van der Waals surface area contributed by atoms with E-state index in [1.54, 1.807) is 30.5 Å². The molecule has 0 saturated heterocycles. The first-order chi connectivity index (χ1) is 9.81. The van der Waals surface area contributed by atoms with E-state index in [0.717, 1.165) is 16.5 Å². The summed E-state index contributed by atoms with van der Waals surface area (Å²) in [4.78, 5) is 4.46. The van der Waals surface area contributed by atoms with Crippen LogP contribution < -0.4 is 5.43 Å². The van der Waals surface area contributed by atoms with Crippen molar-refractivity contribution in [1.29, 1.82) is 0 Å². The van der Waals surface area contributed by atoms with Crippen LogP contribution in [0.25, 0.3) is 10.9 Å². The number of fused-ring (bicyclic) bond motifs is 1. The number of hydrazone groups is 1. The maximum Gasteiger partial charge on any atom is 0.146 e. The topological polar surface area (TPSA) is 57.5 Å². The number of pyridine rings is 1. The SMILES string of the molecule is Oc1ccc(/C=N/Nc2ccc3ccccc3n2)cc1. The third-order valence-corrected chi connectivity index (χ3v) is 2.88. The minimum Gasteiger partial charge on any atom is -0.508 e. The number of aromatic hydroxyl groups is 1. The molecule has 0 unspecified atom stereocenters. The highest BCUT2D eigenvalue weighted by atomic mass is 16.3. The Kier molecular flexibility index (Phi) is 3.29. The fourth-order valence-corrected chi connectivity index (χ4v) is 1.86. The summed E-state index contributed by atoms with van der Waals surface area (Å²) in [5, 5.41) is 14.4. The van der Waals surface area contributed by atoms with Gasteiger partial charge in [-0.2, -0.15) is 5.10 Å². The molecule has 1 heterocycles. The predicted molar refractivity (Wildman–Crippen MR) is 81.1 cm³/mol. The Labute approximate surface area is 116 Å². The first kappa shape index (κ1) is 12.2. The minimum absolute atomic E-state index is 0.242. The number of aromatic nitrogens is 1. The van der Waals surface area contributed by atoms with E-state index < -0.39 is 0 Å². The molecule has 3 rings (SSSR count). The van der Waals surface area contributed by atoms with Crippen molar-refractivity contribution in [1.82, 2.24) is 4.98 Å². The average molecular weight is 263 g/mol. The Morgan fingerprint density at radius 3 is 2.60 bits per heavy atom. The van der Waals surface area contributed by atoms with Gasteiger partial charge in [-0.1, -0.05) is 18.2 Å². The molecule has 20 heavy (non-hydrogen) atoms. The fourth-order valence-electron chi connectivity index (χ4n) is 1.86. The molecule has 98 valence electrons. The first-order valence-corrected chi connectivity index (χ1v) is 6.25. The van der Waals surface area contributed by atoms with Crippen LogP contribution in [0.4, 0.5) is 5.82 Å². The van der Waals surface area contributed by atoms with E-state index >= 15 is 0 Å². The molecule has 0 radical (unpaired) electrons. The van der Waals surface area contributed by atoms with Gasteiger partial charge in [-0.25, -0.2) is 4.98 Å². The number of nitrogens with one attached hydrogen (secondary N) is 1. The number of para-hydroxylation sites is 1. The number of anilines is 1. The third kappa shape index (κ3) is 2.75. The Morgan fingerprint density at radius 2 is 1.75 bits per heavy atom. The molecule has 0 fully saturated rings. The molecule has 1 aromatic heterocycles. The molecule has 4 heteroatoms. The number of hydrogen-bond acceptors (Lipinski definition) is 4. The number of nitrogens with zero attached hydrogens (tertiary/aromatic N) is 2. The summed E-state index contributed by atoms with van der Waals surface area (Å²) in [5.41, 5.74) is 4.72. The molecule has 2 aromatic carbocycles. The molecule has 0 spiro atoms. The van der Waals surface area contributed by atoms with E-state index in [2.05, 4.69) is 15.5 Å². The van der Waals surface area contributed by atoms with Crippen LogP contribution in [0, 0.1) is 0 Å². The van der Waals surface area contributed by atoms with E-state index in [4.69, 9.17) is 0 Å². The number of rotatable bonds is 3. The lowest BCUT2D eigenvalue weighted by atomic mass is 10.2. The quantitative estimate of drug-likeness (QED) is 0.562. The molecular weight excluding hydrogens is 250 g/mol. The number of benzene rings is 2. The van der Waals surface area contributed by atoms with Crippen LogP contribution >= 0.6 is 0 Å². The van der Waals surface area contributed by atoms with Gasteiger partial charge in [-0.05, 0) is 48.0 Å². The van der Waals surface area contributed by atoms with Gasteiger partial charge in [0, 0.05) is 5.39 Å². The van der Waals surface area contributed by atoms with Crippen molar-refractivity contribution in [2.75, 3.05) is 5.43 Å². The van der Waals surface area contributed by atoms with Crippen molar-refractivity contribution in [2.24, 2.45) is 5.10 Å². The van der Waals surface area contributed by atoms with E-state index in [1.807, 2.05) is 36.4 Å². The van der Waals surface area contributed by atoms with Crippen LogP contribution in [0.2, 0.25) is 0 Å². The molecule has 0 amide bonds. The highest BCUT2D eigenvalue weighted by Crippen LogP contribution is 2.14. The monoisotopic (exact) mass is 263 g/mol. The first-order valence-electron chi connectivity index (χ1n) is 6.25. The van der Waals surface area contributed by atoms with Gasteiger partial charge in [0.2, 0.25) is 0 Å². The summed E-state index contributed by atoms with van der Waals surface area (Å²) in [5.74, 6) is 0.935. The van der Waals surface area contributed by atoms with Crippen molar-refractivity contribution >= 4 is 22.9 Å². The number of hydrogen-bond donors (Lipinski definition) is 2. The van der Waals surface area contributed by atoms with E-state index in [0.29, 0.717) is 5.82 Å². The molecule has 0 atom stereocenters. The molecular formula is C16H13N3O. The van der Waals surface area contributed by atoms with Crippen LogP contribution in [-0.2, 0) is 0 Å². The summed E-state index contributed by atoms with van der Waals surface area (Å²) in [6.45, 7) is 0. The Hall–Kier alpha value is -2.88. The molecule has 4 nitrogen and oxygen atoms in total. The maximum absolute atomic E-state index is 9.19. The lowest BCUT2D eigenvalue weighted by Crippen LogP contribution is -1.93. The second-order valence-electron chi connectivity index (χ2n) is 4.35. The summed E-state index contributed by atoms with van der Waals surface area (Å²) in [6.07, 6.45) is 1.68. The standard InChI is InChI=1S/C16H13N3O/c20-14-8-5-12(6-9-14)11-17-19-16-10-7-13-3-1-2-4-15(13)18-16/h1-11,20H,(H,18,19)/b17-11+. The molecule has 2 N–H and O–H groups in total. The second-order valence-corrected chi connectivity index (χ2v) is 4.35. The van der Waals surface area contributed by atoms with Crippen LogP contribution in [0.15, 0.2) is 65.8 Å². The molecule has 0 aliphatic heterocycles. The number of phenolic OH excluding ortho intramolecular Hbond substituents is 1. The van der Waals surface area contributed by atoms with Gasteiger partial charge in [0.15, 0.2) is 0 Å². The highest BCUT2D eigenvalue weighted by molar-refractivity contribution is 5.81. The van der Waals surface area contributed by atoms with Gasteiger partial charge < -0.3 is 5.11 Å². The maximum atomic E-state index is 9.19.